The van der Waals surface area contributed by atoms with Crippen molar-refractivity contribution in [1.82, 2.24) is 0 Å². The van der Waals surface area contributed by atoms with Crippen molar-refractivity contribution in [3.8, 4) is 11.5 Å². The van der Waals surface area contributed by atoms with Crippen molar-refractivity contribution in [3.05, 3.63) is 73.3 Å². The fourth-order valence-electron chi connectivity index (χ4n) is 1.77. The smallest absolute Gasteiger partial charge is 0.395 e. The molecule has 0 saturated carbocycles. The Balaban J connectivity index is 2.22. The molecule has 0 aliphatic heterocycles. The third-order valence-corrected chi connectivity index (χ3v) is 4.79. The maximum Gasteiger partial charge on any atom is 0.587 e. The zero-order valence-corrected chi connectivity index (χ0v) is 14.2. The Bertz CT molecular complexity index is 612. The van der Waals surface area contributed by atoms with Crippen LogP contribution in [-0.2, 0) is 9.09 Å². The number of hydrogen-bond acceptors (Lipinski definition) is 4. The van der Waals surface area contributed by atoms with Crippen molar-refractivity contribution >= 4 is 7.82 Å². The molecule has 0 spiro atoms. The first-order chi connectivity index (χ1) is 11.0. The van der Waals surface area contributed by atoms with Crippen molar-refractivity contribution in [2.24, 2.45) is 5.92 Å². The van der Waals surface area contributed by atoms with E-state index < -0.39 is 7.82 Å². The van der Waals surface area contributed by atoms with Crippen molar-refractivity contribution in [3.63, 3.8) is 0 Å². The van der Waals surface area contributed by atoms with Gasteiger partial charge in [-0.05, 0) is 31.2 Å². The monoisotopic (exact) mass is 332 g/mol. The van der Waals surface area contributed by atoms with Gasteiger partial charge in [0.15, 0.2) is 0 Å². The average molecular weight is 332 g/mol. The number of benzene rings is 2. The zero-order valence-electron chi connectivity index (χ0n) is 13.3. The van der Waals surface area contributed by atoms with Crippen molar-refractivity contribution < 1.29 is 18.1 Å². The molecule has 0 bridgehead atoms. The summed E-state index contributed by atoms with van der Waals surface area (Å²) in [5.74, 6) is 0.845. The number of phosphoric acid groups is 1. The Morgan fingerprint density at radius 1 is 0.913 bits per heavy atom. The van der Waals surface area contributed by atoms with E-state index in [0.717, 1.165) is 0 Å². The SMILES string of the molecule is C=CC(C)[C@@H](C)OP(=O)(Oc1ccccc1)Oc1ccccc1. The van der Waals surface area contributed by atoms with Crippen LogP contribution in [-0.4, -0.2) is 6.10 Å². The van der Waals surface area contributed by atoms with Crippen LogP contribution in [0.5, 0.6) is 11.5 Å². The largest absolute Gasteiger partial charge is 0.587 e. The fraction of sp³-hybridized carbons (Fsp3) is 0.222. The summed E-state index contributed by atoms with van der Waals surface area (Å²) >= 11 is 0. The maximum atomic E-state index is 13.1. The van der Waals surface area contributed by atoms with Crippen LogP contribution >= 0.6 is 7.82 Å². The molecule has 122 valence electrons. The van der Waals surface area contributed by atoms with Crippen molar-refractivity contribution in [2.75, 3.05) is 0 Å². The lowest BCUT2D eigenvalue weighted by Gasteiger charge is -2.24. The van der Waals surface area contributed by atoms with Crippen LogP contribution in [0.15, 0.2) is 73.3 Å². The molecule has 0 N–H and O–H groups in total. The summed E-state index contributed by atoms with van der Waals surface area (Å²) in [7, 11) is -3.83. The van der Waals surface area contributed by atoms with E-state index in [-0.39, 0.29) is 12.0 Å². The van der Waals surface area contributed by atoms with Gasteiger partial charge in [-0.2, -0.15) is 0 Å². The van der Waals surface area contributed by atoms with Gasteiger partial charge in [-0.25, -0.2) is 4.57 Å². The molecule has 2 aromatic rings. The predicted octanol–water partition coefficient (Wildman–Crippen LogP) is 5.48. The van der Waals surface area contributed by atoms with Crippen LogP contribution in [0.2, 0.25) is 0 Å². The minimum Gasteiger partial charge on any atom is -0.395 e. The van der Waals surface area contributed by atoms with Crippen LogP contribution in [0.1, 0.15) is 13.8 Å². The summed E-state index contributed by atoms with van der Waals surface area (Å²) in [5.41, 5.74) is 0. The normalized spacial score (nSPS) is 13.8. The van der Waals surface area contributed by atoms with Gasteiger partial charge in [0, 0.05) is 5.92 Å². The quantitative estimate of drug-likeness (QED) is 0.474. The second kappa shape index (κ2) is 8.00. The van der Waals surface area contributed by atoms with Gasteiger partial charge in [0.1, 0.15) is 11.5 Å². The van der Waals surface area contributed by atoms with E-state index in [1.165, 1.54) is 0 Å². The lowest BCUT2D eigenvalue weighted by molar-refractivity contribution is 0.130. The number of rotatable bonds is 8. The highest BCUT2D eigenvalue weighted by molar-refractivity contribution is 7.49. The molecule has 2 aromatic carbocycles. The summed E-state index contributed by atoms with van der Waals surface area (Å²) in [6, 6.07) is 17.7. The number of phosphoric ester groups is 1. The molecule has 5 heteroatoms. The predicted molar refractivity (Wildman–Crippen MR) is 91.7 cm³/mol. The molecule has 2 rings (SSSR count). The molecule has 0 saturated heterocycles. The topological polar surface area (TPSA) is 44.8 Å². The molecular formula is C18H21O4P. The fourth-order valence-corrected chi connectivity index (χ4v) is 3.26. The summed E-state index contributed by atoms with van der Waals surface area (Å²) in [5, 5.41) is 0. The van der Waals surface area contributed by atoms with Crippen molar-refractivity contribution in [1.29, 1.82) is 0 Å². The molecule has 4 nitrogen and oxygen atoms in total. The summed E-state index contributed by atoms with van der Waals surface area (Å²) in [6.45, 7) is 7.46. The second-order valence-electron chi connectivity index (χ2n) is 5.16. The van der Waals surface area contributed by atoms with Crippen LogP contribution in [0.4, 0.5) is 0 Å². The Hall–Kier alpha value is -2.03. The Labute approximate surface area is 137 Å². The standard InChI is InChI=1S/C18H21O4P/c1-4-15(2)16(3)20-23(19,21-17-11-7-5-8-12-17)22-18-13-9-6-10-14-18/h4-16H,1H2,2-3H3/t15?,16-/m1/s1. The molecule has 0 aliphatic carbocycles. The molecule has 23 heavy (non-hydrogen) atoms. The number of para-hydroxylation sites is 2. The van der Waals surface area contributed by atoms with Crippen LogP contribution in [0.3, 0.4) is 0 Å². The van der Waals surface area contributed by atoms with Crippen LogP contribution in [0, 0.1) is 5.92 Å². The molecular weight excluding hydrogens is 311 g/mol. The first kappa shape index (κ1) is 17.3. The minimum atomic E-state index is -3.83. The Morgan fingerprint density at radius 2 is 1.35 bits per heavy atom. The molecule has 0 aliphatic rings. The molecule has 2 atom stereocenters. The summed E-state index contributed by atoms with van der Waals surface area (Å²) in [6.07, 6.45) is 1.37. The molecule has 0 heterocycles. The van der Waals surface area contributed by atoms with Crippen molar-refractivity contribution in [2.45, 2.75) is 20.0 Å². The van der Waals surface area contributed by atoms with Gasteiger partial charge in [0.2, 0.25) is 0 Å². The van der Waals surface area contributed by atoms with Gasteiger partial charge in [0.05, 0.1) is 6.10 Å². The van der Waals surface area contributed by atoms with E-state index in [2.05, 4.69) is 6.58 Å². The van der Waals surface area contributed by atoms with E-state index in [1.54, 1.807) is 54.6 Å². The van der Waals surface area contributed by atoms with Gasteiger partial charge in [-0.1, -0.05) is 49.4 Å². The van der Waals surface area contributed by atoms with Crippen LogP contribution in [0.25, 0.3) is 0 Å². The van der Waals surface area contributed by atoms with E-state index in [9.17, 15) is 4.57 Å². The lowest BCUT2D eigenvalue weighted by Crippen LogP contribution is -2.18. The maximum absolute atomic E-state index is 13.1. The first-order valence-electron chi connectivity index (χ1n) is 7.43. The Morgan fingerprint density at radius 3 is 1.74 bits per heavy atom. The zero-order chi connectivity index (χ0) is 16.7. The highest BCUT2D eigenvalue weighted by Gasteiger charge is 2.34. The number of hydrogen-bond donors (Lipinski definition) is 0. The van der Waals surface area contributed by atoms with Gasteiger partial charge in [-0.15, -0.1) is 6.58 Å². The first-order valence-corrected chi connectivity index (χ1v) is 8.89. The van der Waals surface area contributed by atoms with Gasteiger partial charge in [0.25, 0.3) is 0 Å². The van der Waals surface area contributed by atoms with E-state index in [0.29, 0.717) is 11.5 Å². The molecule has 1 unspecified atom stereocenters. The minimum absolute atomic E-state index is 0.00192. The molecule has 0 aromatic heterocycles. The van der Waals surface area contributed by atoms with E-state index >= 15 is 0 Å². The summed E-state index contributed by atoms with van der Waals surface area (Å²) in [4.78, 5) is 0. The molecule has 0 amide bonds. The Kier molecular flexibility index (Phi) is 6.03. The molecule has 0 radical (unpaired) electrons. The van der Waals surface area contributed by atoms with Gasteiger partial charge in [-0.3, -0.25) is 4.52 Å². The van der Waals surface area contributed by atoms with Gasteiger partial charge >= 0.3 is 7.82 Å². The van der Waals surface area contributed by atoms with Crippen LogP contribution < -0.4 is 9.05 Å². The second-order valence-corrected chi connectivity index (χ2v) is 6.63. The highest BCUT2D eigenvalue weighted by Crippen LogP contribution is 2.51. The average Bonchev–Trinajstić information content (AvgIpc) is 2.55. The highest BCUT2D eigenvalue weighted by atomic mass is 31.2. The molecule has 0 fully saturated rings. The summed E-state index contributed by atoms with van der Waals surface area (Å²) < 4.78 is 29.8. The third-order valence-electron chi connectivity index (χ3n) is 3.33. The van der Waals surface area contributed by atoms with Gasteiger partial charge < -0.3 is 9.05 Å². The van der Waals surface area contributed by atoms with E-state index in [1.807, 2.05) is 26.0 Å². The lowest BCUT2D eigenvalue weighted by atomic mass is 10.1. The van der Waals surface area contributed by atoms with E-state index in [4.69, 9.17) is 13.6 Å². The third kappa shape index (κ3) is 5.27.